The van der Waals surface area contributed by atoms with E-state index in [4.69, 9.17) is 22.1 Å². The van der Waals surface area contributed by atoms with E-state index in [0.717, 1.165) is 11.3 Å². The van der Waals surface area contributed by atoms with Gasteiger partial charge in [-0.2, -0.15) is 5.10 Å². The lowest BCUT2D eigenvalue weighted by Crippen LogP contribution is -2.70. The average Bonchev–Trinajstić information content (AvgIpc) is 3.27. The molecule has 36 heavy (non-hydrogen) atoms. The van der Waals surface area contributed by atoms with E-state index in [9.17, 15) is 24.3 Å². The molecular weight excluding hydrogens is 552 g/mol. The van der Waals surface area contributed by atoms with Crippen molar-refractivity contribution in [3.8, 4) is 0 Å². The zero-order valence-electron chi connectivity index (χ0n) is 18.8. The van der Waals surface area contributed by atoms with Crippen LogP contribution in [0, 0.1) is 0 Å². The second-order valence-corrected chi connectivity index (χ2v) is 10.9. The molecule has 12 nitrogen and oxygen atoms in total. The predicted octanol–water partition coefficient (Wildman–Crippen LogP) is 0.991. The summed E-state index contributed by atoms with van der Waals surface area (Å²) >= 11 is 9.44. The van der Waals surface area contributed by atoms with E-state index in [1.165, 1.54) is 52.5 Å². The van der Waals surface area contributed by atoms with Crippen molar-refractivity contribution in [3.05, 3.63) is 50.0 Å². The highest BCUT2D eigenvalue weighted by molar-refractivity contribution is 8.01. The lowest BCUT2D eigenvalue weighted by Gasteiger charge is -2.49. The van der Waals surface area contributed by atoms with E-state index in [0.29, 0.717) is 22.0 Å². The Hall–Kier alpha value is -3.01. The summed E-state index contributed by atoms with van der Waals surface area (Å²) in [5.41, 5.74) is 5.98. The van der Waals surface area contributed by atoms with Crippen LogP contribution in [0.5, 0.6) is 0 Å². The summed E-state index contributed by atoms with van der Waals surface area (Å²) < 4.78 is 6.41. The fraction of sp³-hybridized carbons (Fsp3) is 0.300. The number of aryl methyl sites for hydroxylation is 1. The standard InChI is InChI=1S/C20H19ClN6O6S3/c1-26-12(3-11(28)15(21)25-26)34-5-8-6-35-18-13(17(30)27(18)14(8)19(31)32)24-16(29)9(4-33-2)10-7-36-20(22)23-10/h3-4,7,13,18H,5-6H2,1-2H3,(H2,22,23)(H,24,29)(H,31,32). The molecule has 0 radical (unpaired) electrons. The molecule has 2 aromatic heterocycles. The van der Waals surface area contributed by atoms with Gasteiger partial charge in [0.05, 0.1) is 24.1 Å². The molecule has 2 aliphatic heterocycles. The molecule has 2 aliphatic rings. The number of rotatable bonds is 8. The van der Waals surface area contributed by atoms with E-state index in [-0.39, 0.29) is 27.3 Å². The van der Waals surface area contributed by atoms with Crippen LogP contribution in [0.4, 0.5) is 5.13 Å². The summed E-state index contributed by atoms with van der Waals surface area (Å²) in [4.78, 5) is 55.0. The number of nitrogen functional groups attached to an aromatic ring is 1. The second kappa shape index (κ2) is 10.5. The number of hydrogen-bond donors (Lipinski definition) is 3. The molecule has 4 N–H and O–H groups in total. The number of fused-ring (bicyclic) bond motifs is 1. The molecule has 0 aromatic carbocycles. The van der Waals surface area contributed by atoms with Gasteiger partial charge in [-0.3, -0.25) is 24.0 Å². The molecule has 1 saturated heterocycles. The van der Waals surface area contributed by atoms with Crippen molar-refractivity contribution in [2.45, 2.75) is 16.4 Å². The number of hydrogen-bond acceptors (Lipinski definition) is 11. The van der Waals surface area contributed by atoms with E-state index in [1.54, 1.807) is 12.4 Å². The summed E-state index contributed by atoms with van der Waals surface area (Å²) in [6.45, 7) is 0. The maximum atomic E-state index is 13.0. The Balaban J connectivity index is 1.51. The molecule has 2 aromatic rings. The number of ether oxygens (including phenoxy) is 1. The first-order valence-corrected chi connectivity index (χ1v) is 13.4. The summed E-state index contributed by atoms with van der Waals surface area (Å²) in [7, 11) is 2.99. The number of nitrogens with one attached hydrogen (secondary N) is 1. The SMILES string of the molecule is COC=C(C(=O)NC1C(=O)N2C(C(=O)O)=C(CSc3cc(=O)c(Cl)nn3C)CSC12)c1csc(N)n1. The molecule has 190 valence electrons. The van der Waals surface area contributed by atoms with Gasteiger partial charge in [-0.05, 0) is 5.57 Å². The number of thioether (sulfide) groups is 2. The number of methoxy groups -OCH3 is 1. The number of anilines is 1. The molecule has 4 rings (SSSR count). The fourth-order valence-corrected chi connectivity index (χ4v) is 6.75. The van der Waals surface area contributed by atoms with Crippen LogP contribution < -0.4 is 16.5 Å². The van der Waals surface area contributed by atoms with Crippen molar-refractivity contribution in [3.63, 3.8) is 0 Å². The number of halogens is 1. The monoisotopic (exact) mass is 570 g/mol. The second-order valence-electron chi connectivity index (χ2n) is 7.51. The Morgan fingerprint density at radius 3 is 2.83 bits per heavy atom. The molecule has 2 atom stereocenters. The minimum Gasteiger partial charge on any atom is -0.503 e. The number of aliphatic carboxylic acids is 1. The normalized spacial score (nSPS) is 19.6. The largest absolute Gasteiger partial charge is 0.503 e. The van der Waals surface area contributed by atoms with Crippen LogP contribution in [-0.4, -0.2) is 72.6 Å². The number of aromatic nitrogens is 3. The molecule has 0 aliphatic carbocycles. The van der Waals surface area contributed by atoms with Crippen LogP contribution in [0.15, 0.2) is 38.8 Å². The molecule has 1 fully saturated rings. The van der Waals surface area contributed by atoms with E-state index < -0.39 is 34.6 Å². The van der Waals surface area contributed by atoms with Gasteiger partial charge in [0.1, 0.15) is 22.7 Å². The van der Waals surface area contributed by atoms with Gasteiger partial charge >= 0.3 is 5.97 Å². The van der Waals surface area contributed by atoms with Crippen molar-refractivity contribution in [1.29, 1.82) is 0 Å². The zero-order valence-corrected chi connectivity index (χ0v) is 22.0. The number of thiazole rings is 1. The number of β-lactam (4-membered cyclic amide) rings is 1. The topological polar surface area (TPSA) is 170 Å². The van der Waals surface area contributed by atoms with Gasteiger partial charge in [-0.25, -0.2) is 9.78 Å². The Morgan fingerprint density at radius 2 is 2.19 bits per heavy atom. The maximum absolute atomic E-state index is 13.0. The number of nitrogens with two attached hydrogens (primary N) is 1. The fourth-order valence-electron chi connectivity index (χ4n) is 3.56. The van der Waals surface area contributed by atoms with Crippen LogP contribution in [0.25, 0.3) is 5.57 Å². The number of carbonyl (C=O) groups excluding carboxylic acids is 2. The van der Waals surface area contributed by atoms with Gasteiger partial charge in [0.25, 0.3) is 11.8 Å². The lowest BCUT2D eigenvalue weighted by atomic mass is 10.0. The first-order chi connectivity index (χ1) is 17.1. The van der Waals surface area contributed by atoms with E-state index in [1.807, 2.05) is 0 Å². The Morgan fingerprint density at radius 1 is 1.44 bits per heavy atom. The summed E-state index contributed by atoms with van der Waals surface area (Å²) in [5.74, 6) is -1.87. The Kier molecular flexibility index (Phi) is 7.63. The van der Waals surface area contributed by atoms with Gasteiger partial charge in [-0.15, -0.1) is 34.9 Å². The summed E-state index contributed by atoms with van der Waals surface area (Å²) in [6, 6.07) is 0.393. The minimum atomic E-state index is -1.25. The number of amides is 2. The third-order valence-corrected chi connectivity index (χ3v) is 8.67. The number of carboxylic acid groups (broad SMARTS) is 1. The molecule has 2 unspecified atom stereocenters. The maximum Gasteiger partial charge on any atom is 0.352 e. The summed E-state index contributed by atoms with van der Waals surface area (Å²) in [5, 5.41) is 18.0. The highest BCUT2D eigenvalue weighted by Gasteiger charge is 2.54. The molecule has 0 bridgehead atoms. The molecule has 0 saturated carbocycles. The smallest absolute Gasteiger partial charge is 0.352 e. The Labute approximate surface area is 221 Å². The van der Waals surface area contributed by atoms with Crippen molar-refractivity contribution in [1.82, 2.24) is 25.0 Å². The van der Waals surface area contributed by atoms with Gasteiger partial charge in [0.2, 0.25) is 5.43 Å². The van der Waals surface area contributed by atoms with E-state index >= 15 is 0 Å². The van der Waals surface area contributed by atoms with Crippen LogP contribution in [0.1, 0.15) is 5.69 Å². The number of carboxylic acids is 1. The highest BCUT2D eigenvalue weighted by Crippen LogP contribution is 2.41. The average molecular weight is 571 g/mol. The quantitative estimate of drug-likeness (QED) is 0.179. The van der Waals surface area contributed by atoms with Crippen LogP contribution in [0.2, 0.25) is 5.15 Å². The summed E-state index contributed by atoms with van der Waals surface area (Å²) in [6.07, 6.45) is 1.20. The molecule has 0 spiro atoms. The van der Waals surface area contributed by atoms with Crippen LogP contribution >= 0.6 is 46.5 Å². The third kappa shape index (κ3) is 4.96. The number of carbonyl (C=O) groups is 3. The van der Waals surface area contributed by atoms with Gasteiger partial charge in [0, 0.05) is 30.0 Å². The van der Waals surface area contributed by atoms with Crippen molar-refractivity contribution in [2.24, 2.45) is 7.05 Å². The minimum absolute atomic E-state index is 0.0887. The molecule has 4 heterocycles. The first kappa shape index (κ1) is 26.1. The zero-order chi connectivity index (χ0) is 26.1. The van der Waals surface area contributed by atoms with Gasteiger partial charge in [0.15, 0.2) is 10.3 Å². The molecule has 16 heteroatoms. The molecular formula is C20H19ClN6O6S3. The lowest BCUT2D eigenvalue weighted by molar-refractivity contribution is -0.150. The van der Waals surface area contributed by atoms with Crippen molar-refractivity contribution >= 4 is 74.9 Å². The van der Waals surface area contributed by atoms with Crippen LogP contribution in [-0.2, 0) is 26.2 Å². The Bertz CT molecular complexity index is 1370. The van der Waals surface area contributed by atoms with E-state index in [2.05, 4.69) is 15.4 Å². The number of nitrogens with zero attached hydrogens (tertiary/aromatic N) is 4. The van der Waals surface area contributed by atoms with Gasteiger partial charge < -0.3 is 20.9 Å². The van der Waals surface area contributed by atoms with Crippen molar-refractivity contribution in [2.75, 3.05) is 24.3 Å². The first-order valence-electron chi connectivity index (χ1n) is 10.1. The predicted molar refractivity (Wildman–Crippen MR) is 136 cm³/mol. The van der Waals surface area contributed by atoms with Crippen LogP contribution in [0.3, 0.4) is 0 Å². The molecule has 2 amide bonds. The van der Waals surface area contributed by atoms with Gasteiger partial charge in [-0.1, -0.05) is 11.6 Å². The highest BCUT2D eigenvalue weighted by atomic mass is 35.5. The van der Waals surface area contributed by atoms with Crippen molar-refractivity contribution < 1.29 is 24.2 Å². The third-order valence-electron chi connectivity index (χ3n) is 5.22.